The maximum Gasteiger partial charge on any atom is 0.228 e. The van der Waals surface area contributed by atoms with E-state index in [4.69, 9.17) is 23.4 Å². The van der Waals surface area contributed by atoms with E-state index in [1.807, 2.05) is 0 Å². The third-order valence-corrected chi connectivity index (χ3v) is 6.62. The van der Waals surface area contributed by atoms with Crippen molar-refractivity contribution in [3.05, 3.63) is 52.9 Å². The molecule has 6 unspecified atom stereocenters. The van der Waals surface area contributed by atoms with Crippen molar-refractivity contribution in [2.75, 3.05) is 13.2 Å². The van der Waals surface area contributed by atoms with Crippen molar-refractivity contribution in [3.8, 4) is 28.4 Å². The SMILES string of the molecule is O=c1c(-c2ccc(O)cc2)coc2cc(OC3OCC(O)[C@H](O)C[C@@H]3O)cc(OC3OCC(O)C(O)C3O)c12. The van der Waals surface area contributed by atoms with E-state index in [-0.39, 0.29) is 53.4 Å². The number of aliphatic hydroxyl groups is 6. The van der Waals surface area contributed by atoms with Gasteiger partial charge in [-0.1, -0.05) is 12.1 Å². The summed E-state index contributed by atoms with van der Waals surface area (Å²) in [7, 11) is 0. The molecule has 2 fully saturated rings. The predicted octanol–water partition coefficient (Wildman–Crippen LogP) is -0.809. The zero-order valence-electron chi connectivity index (χ0n) is 20.4. The lowest BCUT2D eigenvalue weighted by molar-refractivity contribution is -0.241. The average Bonchev–Trinajstić information content (AvgIpc) is 3.02. The van der Waals surface area contributed by atoms with Crippen molar-refractivity contribution in [1.29, 1.82) is 0 Å². The van der Waals surface area contributed by atoms with E-state index in [0.29, 0.717) is 5.56 Å². The highest BCUT2D eigenvalue weighted by molar-refractivity contribution is 5.88. The molecule has 0 radical (unpaired) electrons. The minimum atomic E-state index is -1.67. The maximum absolute atomic E-state index is 13.6. The van der Waals surface area contributed by atoms with Crippen LogP contribution >= 0.6 is 0 Å². The Morgan fingerprint density at radius 3 is 2.21 bits per heavy atom. The van der Waals surface area contributed by atoms with Gasteiger partial charge in [0.2, 0.25) is 18.0 Å². The normalized spacial score (nSPS) is 31.5. The summed E-state index contributed by atoms with van der Waals surface area (Å²) in [5, 5.41) is 69.9. The lowest BCUT2D eigenvalue weighted by Crippen LogP contribution is -2.54. The van der Waals surface area contributed by atoms with Gasteiger partial charge in [0, 0.05) is 18.6 Å². The molecule has 39 heavy (non-hydrogen) atoms. The Hall–Kier alpha value is -3.27. The molecule has 0 spiro atoms. The maximum atomic E-state index is 13.6. The average molecular weight is 548 g/mol. The summed E-state index contributed by atoms with van der Waals surface area (Å²) in [6, 6.07) is 8.45. The largest absolute Gasteiger partial charge is 0.508 e. The number of aromatic hydroxyl groups is 1. The number of hydrogen-bond donors (Lipinski definition) is 7. The van der Waals surface area contributed by atoms with Crippen LogP contribution in [0.1, 0.15) is 6.42 Å². The number of ether oxygens (including phenoxy) is 4. The third kappa shape index (κ3) is 5.57. The first-order chi connectivity index (χ1) is 18.6. The number of phenolic OH excluding ortho intramolecular Hbond substituents is 1. The first-order valence-corrected chi connectivity index (χ1v) is 12.2. The molecule has 210 valence electrons. The molecule has 7 N–H and O–H groups in total. The van der Waals surface area contributed by atoms with Gasteiger partial charge in [-0.05, 0) is 17.7 Å². The van der Waals surface area contributed by atoms with Gasteiger partial charge in [0.15, 0.2) is 0 Å². The molecular formula is C26H28O13. The van der Waals surface area contributed by atoms with Crippen LogP contribution in [0.2, 0.25) is 0 Å². The van der Waals surface area contributed by atoms with Crippen LogP contribution in [-0.4, -0.2) is 98.2 Å². The number of fused-ring (bicyclic) bond motifs is 1. The number of phenols is 1. The van der Waals surface area contributed by atoms with E-state index in [0.717, 1.165) is 0 Å². The van der Waals surface area contributed by atoms with Gasteiger partial charge in [-0.25, -0.2) is 0 Å². The van der Waals surface area contributed by atoms with Crippen LogP contribution in [0.25, 0.3) is 22.1 Å². The molecule has 5 rings (SSSR count). The minimum Gasteiger partial charge on any atom is -0.508 e. The van der Waals surface area contributed by atoms with Crippen LogP contribution < -0.4 is 14.9 Å². The summed E-state index contributed by atoms with van der Waals surface area (Å²) in [6.07, 6.45) is -10.2. The summed E-state index contributed by atoms with van der Waals surface area (Å²) in [5.74, 6) is -0.173. The molecule has 2 aliphatic heterocycles. The quantitative estimate of drug-likeness (QED) is 0.208. The lowest BCUT2D eigenvalue weighted by atomic mass is 10.0. The number of rotatable bonds is 5. The van der Waals surface area contributed by atoms with Gasteiger partial charge in [-0.3, -0.25) is 4.79 Å². The molecule has 1 aromatic heterocycles. The standard InChI is InChI=1S/C26H28O13/c27-12-3-1-11(2-4-12)14-8-35-19-5-13(38-25-16(29)7-15(28)17(30)9-36-25)6-20(21(19)22(14)32)39-26-24(34)23(33)18(31)10-37-26/h1-6,8,15-18,23-31,33-34H,7,9-10H2/t15-,16+,17?,18?,23?,24?,25?,26?/m1/s1. The second kappa shape index (κ2) is 11.1. The second-order valence-corrected chi connectivity index (χ2v) is 9.45. The van der Waals surface area contributed by atoms with Crippen LogP contribution in [0.3, 0.4) is 0 Å². The fraction of sp³-hybridized carbons (Fsp3) is 0.423. The van der Waals surface area contributed by atoms with E-state index < -0.39 is 54.6 Å². The summed E-state index contributed by atoms with van der Waals surface area (Å²) in [4.78, 5) is 13.6. The van der Waals surface area contributed by atoms with Crippen molar-refractivity contribution in [2.45, 2.75) is 55.6 Å². The van der Waals surface area contributed by atoms with Gasteiger partial charge in [0.05, 0.1) is 24.9 Å². The first-order valence-electron chi connectivity index (χ1n) is 12.2. The number of aliphatic hydroxyl groups excluding tert-OH is 6. The fourth-order valence-electron chi connectivity index (χ4n) is 4.38. The zero-order chi connectivity index (χ0) is 27.8. The van der Waals surface area contributed by atoms with E-state index in [2.05, 4.69) is 0 Å². The van der Waals surface area contributed by atoms with Crippen LogP contribution in [-0.2, 0) is 9.47 Å². The molecule has 0 aliphatic carbocycles. The number of hydrogen-bond acceptors (Lipinski definition) is 13. The van der Waals surface area contributed by atoms with Crippen molar-refractivity contribution in [2.24, 2.45) is 0 Å². The second-order valence-electron chi connectivity index (χ2n) is 9.45. The molecule has 13 heteroatoms. The van der Waals surface area contributed by atoms with Crippen LogP contribution in [0.5, 0.6) is 17.2 Å². The van der Waals surface area contributed by atoms with Gasteiger partial charge < -0.3 is 59.1 Å². The Balaban J connectivity index is 1.56. The lowest BCUT2D eigenvalue weighted by Gasteiger charge is -2.35. The summed E-state index contributed by atoms with van der Waals surface area (Å²) in [5.41, 5.74) is 0.0249. The summed E-state index contributed by atoms with van der Waals surface area (Å²) >= 11 is 0. The van der Waals surface area contributed by atoms with E-state index in [1.54, 1.807) is 0 Å². The van der Waals surface area contributed by atoms with Crippen molar-refractivity contribution in [1.82, 2.24) is 0 Å². The van der Waals surface area contributed by atoms with Crippen molar-refractivity contribution >= 4 is 11.0 Å². The van der Waals surface area contributed by atoms with Crippen LogP contribution in [0, 0.1) is 0 Å². The summed E-state index contributed by atoms with van der Waals surface area (Å²) in [6.45, 7) is -0.662. The van der Waals surface area contributed by atoms with Gasteiger partial charge in [0.1, 0.15) is 65.0 Å². The Morgan fingerprint density at radius 1 is 0.769 bits per heavy atom. The molecule has 2 aromatic carbocycles. The minimum absolute atomic E-state index is 0.00107. The third-order valence-electron chi connectivity index (χ3n) is 6.62. The first kappa shape index (κ1) is 27.3. The Kier molecular flexibility index (Phi) is 7.75. The molecule has 0 amide bonds. The molecule has 8 atom stereocenters. The van der Waals surface area contributed by atoms with Gasteiger partial charge in [-0.2, -0.15) is 0 Å². The highest BCUT2D eigenvalue weighted by atomic mass is 16.7. The van der Waals surface area contributed by atoms with E-state index >= 15 is 0 Å². The van der Waals surface area contributed by atoms with E-state index in [9.17, 15) is 40.5 Å². The van der Waals surface area contributed by atoms with Gasteiger partial charge in [-0.15, -0.1) is 0 Å². The van der Waals surface area contributed by atoms with Gasteiger partial charge >= 0.3 is 0 Å². The molecule has 13 nitrogen and oxygen atoms in total. The molecule has 0 bridgehead atoms. The highest BCUT2D eigenvalue weighted by Crippen LogP contribution is 2.34. The van der Waals surface area contributed by atoms with Crippen LogP contribution in [0.4, 0.5) is 0 Å². The highest BCUT2D eigenvalue weighted by Gasteiger charge is 2.40. The molecule has 3 heterocycles. The van der Waals surface area contributed by atoms with Gasteiger partial charge in [0.25, 0.3) is 0 Å². The smallest absolute Gasteiger partial charge is 0.228 e. The molecular weight excluding hydrogens is 520 g/mol. The Bertz CT molecular complexity index is 1360. The summed E-state index contributed by atoms with van der Waals surface area (Å²) < 4.78 is 28.0. The van der Waals surface area contributed by atoms with Crippen molar-refractivity contribution in [3.63, 3.8) is 0 Å². The topological polar surface area (TPSA) is 209 Å². The monoisotopic (exact) mass is 548 g/mol. The fourth-order valence-corrected chi connectivity index (χ4v) is 4.38. The number of benzene rings is 2. The Labute approximate surface area is 220 Å². The zero-order valence-corrected chi connectivity index (χ0v) is 20.4. The Morgan fingerprint density at radius 2 is 1.46 bits per heavy atom. The van der Waals surface area contributed by atoms with E-state index in [1.165, 1.54) is 42.7 Å². The molecule has 2 aliphatic rings. The molecule has 3 aromatic rings. The molecule has 2 saturated heterocycles. The van der Waals surface area contributed by atoms with Crippen LogP contribution in [0.15, 0.2) is 51.9 Å². The van der Waals surface area contributed by atoms with Crippen molar-refractivity contribution < 1.29 is 59.1 Å². The molecule has 0 saturated carbocycles. The predicted molar refractivity (Wildman–Crippen MR) is 131 cm³/mol.